The van der Waals surface area contributed by atoms with Gasteiger partial charge in [0.15, 0.2) is 11.5 Å². The summed E-state index contributed by atoms with van der Waals surface area (Å²) >= 11 is 11.8. The van der Waals surface area contributed by atoms with Gasteiger partial charge >= 0.3 is 0 Å². The van der Waals surface area contributed by atoms with Gasteiger partial charge in [-0.2, -0.15) is 0 Å². The summed E-state index contributed by atoms with van der Waals surface area (Å²) in [5, 5.41) is 9.36. The van der Waals surface area contributed by atoms with E-state index in [1.807, 2.05) is 22.7 Å². The highest BCUT2D eigenvalue weighted by Gasteiger charge is 2.06. The molecule has 2 aromatic heterocycles. The van der Waals surface area contributed by atoms with Crippen LogP contribution in [0.1, 0.15) is 5.82 Å². The van der Waals surface area contributed by atoms with E-state index in [-0.39, 0.29) is 0 Å². The highest BCUT2D eigenvalue weighted by molar-refractivity contribution is 6.31. The average molecular weight is 294 g/mol. The summed E-state index contributed by atoms with van der Waals surface area (Å²) in [6.07, 6.45) is 1.81. The molecule has 0 unspecified atom stereocenters. The van der Waals surface area contributed by atoms with Crippen LogP contribution in [0, 0.1) is 0 Å². The molecule has 0 atom stereocenters. The Kier molecular flexibility index (Phi) is 3.27. The molecule has 0 saturated heterocycles. The van der Waals surface area contributed by atoms with Gasteiger partial charge in [-0.3, -0.25) is 4.40 Å². The van der Waals surface area contributed by atoms with E-state index >= 15 is 0 Å². The van der Waals surface area contributed by atoms with Crippen LogP contribution >= 0.6 is 23.2 Å². The lowest BCUT2D eigenvalue weighted by atomic mass is 10.3. The van der Waals surface area contributed by atoms with E-state index in [1.165, 1.54) is 0 Å². The van der Waals surface area contributed by atoms with E-state index in [1.54, 1.807) is 24.3 Å². The summed E-state index contributed by atoms with van der Waals surface area (Å²) in [6.45, 7) is 0.309. The quantitative estimate of drug-likeness (QED) is 0.740. The van der Waals surface area contributed by atoms with Gasteiger partial charge in [0.2, 0.25) is 0 Å². The van der Waals surface area contributed by atoms with Crippen molar-refractivity contribution >= 4 is 28.8 Å². The summed E-state index contributed by atoms with van der Waals surface area (Å²) < 4.78 is 7.46. The van der Waals surface area contributed by atoms with Gasteiger partial charge in [0.1, 0.15) is 12.4 Å². The molecule has 0 spiro atoms. The zero-order valence-electron chi connectivity index (χ0n) is 9.75. The van der Waals surface area contributed by atoms with Crippen LogP contribution < -0.4 is 4.74 Å². The predicted octanol–water partition coefficient (Wildman–Crippen LogP) is 3.62. The molecule has 19 heavy (non-hydrogen) atoms. The third kappa shape index (κ3) is 2.64. The molecule has 0 bridgehead atoms. The Morgan fingerprint density at radius 1 is 1.05 bits per heavy atom. The molecular weight excluding hydrogens is 285 g/mol. The first-order valence-electron chi connectivity index (χ1n) is 5.60. The van der Waals surface area contributed by atoms with Crippen molar-refractivity contribution in [1.29, 1.82) is 0 Å². The molecule has 0 aliphatic carbocycles. The van der Waals surface area contributed by atoms with Gasteiger partial charge in [-0.05, 0) is 24.3 Å². The van der Waals surface area contributed by atoms with Crippen molar-refractivity contribution in [2.45, 2.75) is 6.61 Å². The van der Waals surface area contributed by atoms with Crippen molar-refractivity contribution in [3.05, 3.63) is 58.5 Å². The monoisotopic (exact) mass is 293 g/mol. The number of ether oxygens (including phenoxy) is 1. The molecule has 3 aromatic rings. The highest BCUT2D eigenvalue weighted by atomic mass is 35.5. The van der Waals surface area contributed by atoms with Gasteiger partial charge in [0, 0.05) is 22.3 Å². The Labute approximate surface area is 119 Å². The zero-order valence-corrected chi connectivity index (χ0v) is 11.3. The van der Waals surface area contributed by atoms with Crippen molar-refractivity contribution in [3.63, 3.8) is 0 Å². The van der Waals surface area contributed by atoms with Crippen LogP contribution in [0.2, 0.25) is 10.0 Å². The van der Waals surface area contributed by atoms with Gasteiger partial charge in [0.05, 0.1) is 0 Å². The molecule has 0 saturated carbocycles. The van der Waals surface area contributed by atoms with Crippen molar-refractivity contribution in [3.8, 4) is 5.75 Å². The van der Waals surface area contributed by atoms with E-state index in [9.17, 15) is 0 Å². The second-order valence-corrected chi connectivity index (χ2v) is 4.81. The Morgan fingerprint density at radius 3 is 2.74 bits per heavy atom. The number of benzene rings is 1. The fourth-order valence-corrected chi connectivity index (χ4v) is 2.05. The Bertz CT molecular complexity index is 727. The van der Waals surface area contributed by atoms with Crippen LogP contribution in [0.25, 0.3) is 5.65 Å². The maximum Gasteiger partial charge on any atom is 0.175 e. The van der Waals surface area contributed by atoms with E-state index in [0.717, 1.165) is 0 Å². The minimum Gasteiger partial charge on any atom is -0.486 e. The molecule has 1 aromatic carbocycles. The molecule has 2 heterocycles. The van der Waals surface area contributed by atoms with Crippen molar-refractivity contribution < 1.29 is 4.74 Å². The summed E-state index contributed by atoms with van der Waals surface area (Å²) in [4.78, 5) is 0. The Morgan fingerprint density at radius 2 is 1.89 bits per heavy atom. The average Bonchev–Trinajstić information content (AvgIpc) is 2.78. The third-order valence-electron chi connectivity index (χ3n) is 2.61. The standard InChI is InChI=1S/C13H9Cl2N3O/c14-9-2-1-3-11(6-9)19-8-13-17-16-12-7-10(15)4-5-18(12)13/h1-7H,8H2. The smallest absolute Gasteiger partial charge is 0.175 e. The number of nitrogens with zero attached hydrogens (tertiary/aromatic N) is 3. The fraction of sp³-hybridized carbons (Fsp3) is 0.0769. The van der Waals surface area contributed by atoms with Crippen molar-refractivity contribution in [2.75, 3.05) is 0 Å². The summed E-state index contributed by atoms with van der Waals surface area (Å²) in [5.41, 5.74) is 0.692. The van der Waals surface area contributed by atoms with E-state index < -0.39 is 0 Å². The van der Waals surface area contributed by atoms with E-state index in [2.05, 4.69) is 10.2 Å². The molecule has 0 aliphatic heterocycles. The lowest BCUT2D eigenvalue weighted by Gasteiger charge is -2.05. The normalized spacial score (nSPS) is 10.8. The van der Waals surface area contributed by atoms with Gasteiger partial charge < -0.3 is 4.74 Å². The largest absolute Gasteiger partial charge is 0.486 e. The highest BCUT2D eigenvalue weighted by Crippen LogP contribution is 2.18. The number of hydrogen-bond donors (Lipinski definition) is 0. The Balaban J connectivity index is 1.82. The lowest BCUT2D eigenvalue weighted by Crippen LogP contribution is -2.01. The molecule has 0 fully saturated rings. The molecule has 0 amide bonds. The van der Waals surface area contributed by atoms with Gasteiger partial charge in [-0.15, -0.1) is 10.2 Å². The third-order valence-corrected chi connectivity index (χ3v) is 3.08. The summed E-state index contributed by atoms with van der Waals surface area (Å²) in [7, 11) is 0. The maximum absolute atomic E-state index is 5.89. The molecule has 4 nitrogen and oxygen atoms in total. The molecule has 3 rings (SSSR count). The lowest BCUT2D eigenvalue weighted by molar-refractivity contribution is 0.294. The van der Waals surface area contributed by atoms with Crippen LogP contribution in [-0.4, -0.2) is 14.6 Å². The number of halogens is 2. The van der Waals surface area contributed by atoms with Gasteiger partial charge in [0.25, 0.3) is 0 Å². The minimum absolute atomic E-state index is 0.309. The van der Waals surface area contributed by atoms with Crippen LogP contribution in [0.15, 0.2) is 42.6 Å². The van der Waals surface area contributed by atoms with E-state index in [0.29, 0.717) is 33.9 Å². The molecular formula is C13H9Cl2N3O. The summed E-state index contributed by atoms with van der Waals surface area (Å²) in [5.74, 6) is 1.39. The van der Waals surface area contributed by atoms with Crippen LogP contribution in [0.4, 0.5) is 0 Å². The second-order valence-electron chi connectivity index (χ2n) is 3.94. The minimum atomic E-state index is 0.309. The van der Waals surface area contributed by atoms with Crippen molar-refractivity contribution in [1.82, 2.24) is 14.6 Å². The van der Waals surface area contributed by atoms with Crippen molar-refractivity contribution in [2.24, 2.45) is 0 Å². The second kappa shape index (κ2) is 5.07. The number of rotatable bonds is 3. The van der Waals surface area contributed by atoms with E-state index in [4.69, 9.17) is 27.9 Å². The topological polar surface area (TPSA) is 39.4 Å². The fourth-order valence-electron chi connectivity index (χ4n) is 1.72. The Hall–Kier alpha value is -1.78. The number of fused-ring (bicyclic) bond motifs is 1. The first-order chi connectivity index (χ1) is 9.22. The number of aromatic nitrogens is 3. The van der Waals surface area contributed by atoms with Crippen LogP contribution in [-0.2, 0) is 6.61 Å². The SMILES string of the molecule is Clc1cccc(OCc2nnc3cc(Cl)ccn23)c1. The number of pyridine rings is 1. The van der Waals surface area contributed by atoms with Gasteiger partial charge in [-0.1, -0.05) is 29.3 Å². The summed E-state index contributed by atoms with van der Waals surface area (Å²) in [6, 6.07) is 10.7. The predicted molar refractivity (Wildman–Crippen MR) is 73.8 cm³/mol. The van der Waals surface area contributed by atoms with Crippen LogP contribution in [0.5, 0.6) is 5.75 Å². The maximum atomic E-state index is 5.89. The molecule has 0 N–H and O–H groups in total. The zero-order chi connectivity index (χ0) is 13.2. The number of hydrogen-bond acceptors (Lipinski definition) is 3. The first-order valence-corrected chi connectivity index (χ1v) is 6.35. The molecule has 6 heteroatoms. The molecule has 0 radical (unpaired) electrons. The molecule has 96 valence electrons. The van der Waals surface area contributed by atoms with Gasteiger partial charge in [-0.25, -0.2) is 0 Å². The first kappa shape index (κ1) is 12.3. The molecule has 0 aliphatic rings. The van der Waals surface area contributed by atoms with Crippen LogP contribution in [0.3, 0.4) is 0 Å².